The van der Waals surface area contributed by atoms with Crippen molar-refractivity contribution in [2.75, 3.05) is 0 Å². The van der Waals surface area contributed by atoms with Crippen molar-refractivity contribution in [2.24, 2.45) is 0 Å². The molecule has 19 heavy (non-hydrogen) atoms. The molecule has 2 nitrogen and oxygen atoms in total. The summed E-state index contributed by atoms with van der Waals surface area (Å²) >= 11 is 11.3. The van der Waals surface area contributed by atoms with E-state index in [4.69, 9.17) is 11.6 Å². The molecular weight excluding hydrogens is 344 g/mol. The van der Waals surface area contributed by atoms with Gasteiger partial charge in [0, 0.05) is 4.90 Å². The highest BCUT2D eigenvalue weighted by molar-refractivity contribution is 9.10. The van der Waals surface area contributed by atoms with E-state index < -0.39 is 0 Å². The molecule has 0 saturated carbocycles. The molecule has 0 atom stereocenters. The zero-order valence-electron chi connectivity index (χ0n) is 10.8. The quantitative estimate of drug-likeness (QED) is 0.565. The summed E-state index contributed by atoms with van der Waals surface area (Å²) in [5.41, 5.74) is 2.23. The van der Waals surface area contributed by atoms with Crippen molar-refractivity contribution >= 4 is 39.3 Å². The number of halogens is 2. The van der Waals surface area contributed by atoms with Gasteiger partial charge in [-0.2, -0.15) is 0 Å². The molecule has 1 aromatic carbocycles. The monoisotopic (exact) mass is 356 g/mol. The molecule has 2 aromatic rings. The van der Waals surface area contributed by atoms with E-state index >= 15 is 0 Å². The fourth-order valence-electron chi connectivity index (χ4n) is 1.67. The van der Waals surface area contributed by atoms with Crippen LogP contribution in [0.3, 0.4) is 0 Å². The molecule has 0 aliphatic rings. The third-order valence-electron chi connectivity index (χ3n) is 2.71. The van der Waals surface area contributed by atoms with Gasteiger partial charge >= 0.3 is 0 Å². The minimum Gasteiger partial charge on any atom is -0.236 e. The Kier molecular flexibility index (Phi) is 5.25. The highest BCUT2D eigenvalue weighted by Gasteiger charge is 2.10. The molecule has 0 radical (unpaired) electrons. The summed E-state index contributed by atoms with van der Waals surface area (Å²) in [5, 5.41) is 0.493. The van der Waals surface area contributed by atoms with E-state index in [9.17, 15) is 0 Å². The number of nitrogens with zero attached hydrogens (tertiary/aromatic N) is 2. The molecule has 0 unspecified atom stereocenters. The Morgan fingerprint density at radius 2 is 2.00 bits per heavy atom. The largest absolute Gasteiger partial charge is 0.236 e. The van der Waals surface area contributed by atoms with Crippen molar-refractivity contribution in [3.63, 3.8) is 0 Å². The third kappa shape index (κ3) is 3.71. The van der Waals surface area contributed by atoms with Crippen LogP contribution in [0.2, 0.25) is 5.15 Å². The highest BCUT2D eigenvalue weighted by Crippen LogP contribution is 2.28. The number of benzene rings is 1. The topological polar surface area (TPSA) is 25.8 Å². The molecule has 1 aromatic heterocycles. The maximum Gasteiger partial charge on any atom is 0.147 e. The van der Waals surface area contributed by atoms with Gasteiger partial charge in [0.05, 0.1) is 15.9 Å². The van der Waals surface area contributed by atoms with Gasteiger partial charge in [0.15, 0.2) is 0 Å². The minimum absolute atomic E-state index is 0.493. The van der Waals surface area contributed by atoms with E-state index in [2.05, 4.69) is 51.9 Å². The Labute approximate surface area is 131 Å². The summed E-state index contributed by atoms with van der Waals surface area (Å²) < 4.78 is 0.807. The van der Waals surface area contributed by atoms with E-state index in [-0.39, 0.29) is 0 Å². The summed E-state index contributed by atoms with van der Waals surface area (Å²) in [6, 6.07) is 8.31. The first kappa shape index (κ1) is 14.8. The summed E-state index contributed by atoms with van der Waals surface area (Å²) in [4.78, 5) is 10.1. The number of hydrogen-bond donors (Lipinski definition) is 0. The van der Waals surface area contributed by atoms with Crippen LogP contribution in [0.15, 0.2) is 33.6 Å². The van der Waals surface area contributed by atoms with E-state index in [1.807, 2.05) is 12.1 Å². The van der Waals surface area contributed by atoms with Gasteiger partial charge in [-0.25, -0.2) is 9.97 Å². The Hall–Kier alpha value is -0.580. The number of thioether (sulfide) groups is 1. The average Bonchev–Trinajstić information content (AvgIpc) is 2.41. The lowest BCUT2D eigenvalue weighted by Crippen LogP contribution is -2.00. The Bertz CT molecular complexity index is 590. The summed E-state index contributed by atoms with van der Waals surface area (Å²) in [6.07, 6.45) is 0.838. The number of aromatic nitrogens is 2. The van der Waals surface area contributed by atoms with E-state index in [1.54, 1.807) is 11.8 Å². The van der Waals surface area contributed by atoms with Gasteiger partial charge in [0.25, 0.3) is 0 Å². The van der Waals surface area contributed by atoms with E-state index in [0.717, 1.165) is 28.2 Å². The second-order valence-electron chi connectivity index (χ2n) is 4.10. The van der Waals surface area contributed by atoms with Crippen LogP contribution in [0.1, 0.15) is 24.0 Å². The van der Waals surface area contributed by atoms with Crippen LogP contribution in [0.5, 0.6) is 0 Å². The van der Waals surface area contributed by atoms with Gasteiger partial charge in [-0.05, 0) is 40.9 Å². The van der Waals surface area contributed by atoms with Crippen molar-refractivity contribution in [3.05, 3.63) is 51.0 Å². The lowest BCUT2D eigenvalue weighted by molar-refractivity contribution is 0.928. The lowest BCUT2D eigenvalue weighted by atomic mass is 10.2. The summed E-state index contributed by atoms with van der Waals surface area (Å²) in [6.45, 7) is 4.16. The molecule has 0 bridgehead atoms. The van der Waals surface area contributed by atoms with Crippen molar-refractivity contribution in [1.82, 2.24) is 9.97 Å². The van der Waals surface area contributed by atoms with Crippen molar-refractivity contribution < 1.29 is 0 Å². The maximum absolute atomic E-state index is 6.10. The molecule has 5 heteroatoms. The average molecular weight is 358 g/mol. The molecule has 2 rings (SSSR count). The number of rotatable bonds is 4. The van der Waals surface area contributed by atoms with Crippen LogP contribution in [-0.2, 0) is 12.2 Å². The molecule has 0 aliphatic carbocycles. The van der Waals surface area contributed by atoms with Gasteiger partial charge in [0.1, 0.15) is 11.0 Å². The van der Waals surface area contributed by atoms with Crippen molar-refractivity contribution in [3.8, 4) is 0 Å². The maximum atomic E-state index is 6.10. The Morgan fingerprint density at radius 3 is 2.68 bits per heavy atom. The van der Waals surface area contributed by atoms with Gasteiger partial charge in [-0.3, -0.25) is 0 Å². The second kappa shape index (κ2) is 6.73. The number of aryl methyl sites for hydroxylation is 2. The van der Waals surface area contributed by atoms with Crippen LogP contribution >= 0.6 is 39.3 Å². The predicted octanol–water partition coefficient (Wildman–Crippen LogP) is 5.06. The van der Waals surface area contributed by atoms with Crippen molar-refractivity contribution in [2.45, 2.75) is 30.9 Å². The van der Waals surface area contributed by atoms with Crippen LogP contribution in [-0.4, -0.2) is 9.97 Å². The fourth-order valence-corrected chi connectivity index (χ4v) is 3.22. The first-order valence-electron chi connectivity index (χ1n) is 6.01. The fraction of sp³-hybridized carbons (Fsp3) is 0.286. The molecule has 0 N–H and O–H groups in total. The lowest BCUT2D eigenvalue weighted by Gasteiger charge is -2.07. The van der Waals surface area contributed by atoms with Crippen LogP contribution in [0.4, 0.5) is 0 Å². The second-order valence-corrected chi connectivity index (χ2v) is 6.27. The van der Waals surface area contributed by atoms with Gasteiger partial charge < -0.3 is 0 Å². The third-order valence-corrected chi connectivity index (χ3v) is 5.22. The van der Waals surface area contributed by atoms with Crippen LogP contribution in [0.25, 0.3) is 0 Å². The molecular formula is C14H14BrClN2S. The molecule has 0 fully saturated rings. The molecule has 0 saturated heterocycles. The molecule has 0 spiro atoms. The first-order valence-corrected chi connectivity index (χ1v) is 8.16. The minimum atomic E-state index is 0.493. The van der Waals surface area contributed by atoms with E-state index in [1.165, 1.54) is 10.5 Å². The van der Waals surface area contributed by atoms with Gasteiger partial charge in [0.2, 0.25) is 0 Å². The normalized spacial score (nSPS) is 10.7. The Balaban J connectivity index is 2.16. The SMILES string of the molecule is CCc1nc(CSc2ccccc2C)nc(Cl)c1Br. The standard InChI is InChI=1S/C14H14BrClN2S/c1-3-10-13(15)14(16)18-12(17-10)8-19-11-7-5-4-6-9(11)2/h4-7H,3,8H2,1-2H3. The zero-order chi connectivity index (χ0) is 13.8. The number of hydrogen-bond acceptors (Lipinski definition) is 3. The molecule has 1 heterocycles. The molecule has 100 valence electrons. The summed E-state index contributed by atoms with van der Waals surface area (Å²) in [7, 11) is 0. The van der Waals surface area contributed by atoms with Gasteiger partial charge in [-0.15, -0.1) is 11.8 Å². The van der Waals surface area contributed by atoms with Crippen LogP contribution < -0.4 is 0 Å². The molecule has 0 amide bonds. The van der Waals surface area contributed by atoms with Gasteiger partial charge in [-0.1, -0.05) is 36.7 Å². The zero-order valence-corrected chi connectivity index (χ0v) is 13.9. The van der Waals surface area contributed by atoms with Crippen LogP contribution in [0, 0.1) is 6.92 Å². The van der Waals surface area contributed by atoms with E-state index in [0.29, 0.717) is 5.15 Å². The molecule has 0 aliphatic heterocycles. The summed E-state index contributed by atoms with van der Waals surface area (Å²) in [5.74, 6) is 1.50. The smallest absolute Gasteiger partial charge is 0.147 e. The Morgan fingerprint density at radius 1 is 1.26 bits per heavy atom. The first-order chi connectivity index (χ1) is 9.11. The highest BCUT2D eigenvalue weighted by atomic mass is 79.9. The van der Waals surface area contributed by atoms with Crippen molar-refractivity contribution in [1.29, 1.82) is 0 Å². The predicted molar refractivity (Wildman–Crippen MR) is 84.9 cm³/mol.